The first-order valence-electron chi connectivity index (χ1n) is 12.1. The SMILES string of the molecule is Cc1cc2c(=O)c(C(=O)O)cn(C3CC3)c2cc1-c1cc2c(s1)CCCC2NC(=O)OC(C)(C)C. The monoisotopic (exact) mass is 494 g/mol. The van der Waals surface area contributed by atoms with Gasteiger partial charge in [-0.1, -0.05) is 0 Å². The van der Waals surface area contributed by atoms with Gasteiger partial charge in [0.2, 0.25) is 5.43 Å². The summed E-state index contributed by atoms with van der Waals surface area (Å²) in [6.45, 7) is 7.51. The molecule has 0 spiro atoms. The zero-order valence-corrected chi connectivity index (χ0v) is 21.3. The van der Waals surface area contributed by atoms with Gasteiger partial charge in [-0.25, -0.2) is 9.59 Å². The molecule has 1 aromatic carbocycles. The number of nitrogens with one attached hydrogen (secondary N) is 1. The van der Waals surface area contributed by atoms with Gasteiger partial charge in [0.25, 0.3) is 0 Å². The van der Waals surface area contributed by atoms with E-state index in [-0.39, 0.29) is 17.6 Å². The number of nitrogens with zero attached hydrogens (tertiary/aromatic N) is 1. The number of ether oxygens (including phenoxy) is 1. The predicted molar refractivity (Wildman–Crippen MR) is 137 cm³/mol. The maximum Gasteiger partial charge on any atom is 0.408 e. The minimum Gasteiger partial charge on any atom is -0.477 e. The number of carbonyl (C=O) groups excluding carboxylic acids is 1. The molecule has 0 aliphatic heterocycles. The smallest absolute Gasteiger partial charge is 0.408 e. The van der Waals surface area contributed by atoms with E-state index in [2.05, 4.69) is 11.4 Å². The van der Waals surface area contributed by atoms with Crippen LogP contribution in [0.1, 0.15) is 84.9 Å². The lowest BCUT2D eigenvalue weighted by Gasteiger charge is -2.26. The molecule has 1 saturated carbocycles. The van der Waals surface area contributed by atoms with Gasteiger partial charge in [-0.05, 0) is 94.7 Å². The molecule has 35 heavy (non-hydrogen) atoms. The molecular weight excluding hydrogens is 464 g/mol. The highest BCUT2D eigenvalue weighted by Crippen LogP contribution is 2.43. The van der Waals surface area contributed by atoms with Crippen molar-refractivity contribution in [3.05, 3.63) is 56.2 Å². The van der Waals surface area contributed by atoms with E-state index in [9.17, 15) is 19.5 Å². The maximum absolute atomic E-state index is 12.9. The lowest BCUT2D eigenvalue weighted by molar-refractivity contribution is 0.0498. The van der Waals surface area contributed by atoms with Gasteiger partial charge in [-0.2, -0.15) is 0 Å². The van der Waals surface area contributed by atoms with Crippen LogP contribution in [0.15, 0.2) is 29.2 Å². The van der Waals surface area contributed by atoms with Crippen molar-refractivity contribution in [3.8, 4) is 10.4 Å². The number of amides is 1. The highest BCUT2D eigenvalue weighted by Gasteiger charge is 2.29. The number of carboxylic acids is 1. The van der Waals surface area contributed by atoms with E-state index < -0.39 is 23.1 Å². The summed E-state index contributed by atoms with van der Waals surface area (Å²) >= 11 is 1.72. The van der Waals surface area contributed by atoms with E-state index in [1.807, 2.05) is 44.4 Å². The zero-order valence-electron chi connectivity index (χ0n) is 20.4. The molecule has 1 unspecified atom stereocenters. The Hall–Kier alpha value is -3.13. The standard InChI is InChI=1S/C27H30N2O5S/c1-14-10-18-21(29(15-8-9-15)13-19(24(18)30)25(31)32)11-16(14)23-12-17-20(6-5-7-22(17)35-23)28-26(33)34-27(2,3)4/h10-13,15,20H,5-9H2,1-4H3,(H,28,33)(H,31,32). The Kier molecular flexibility index (Phi) is 5.74. The lowest BCUT2D eigenvalue weighted by Crippen LogP contribution is -2.35. The highest BCUT2D eigenvalue weighted by molar-refractivity contribution is 7.15. The molecule has 3 aromatic rings. The normalized spacial score (nSPS) is 17.8. The molecule has 7 nitrogen and oxygen atoms in total. The van der Waals surface area contributed by atoms with Crippen molar-refractivity contribution < 1.29 is 19.4 Å². The average Bonchev–Trinajstić information content (AvgIpc) is 3.50. The molecule has 2 aliphatic rings. The van der Waals surface area contributed by atoms with Crippen LogP contribution < -0.4 is 10.7 Å². The number of aryl methyl sites for hydroxylation is 2. The molecule has 2 aromatic heterocycles. The highest BCUT2D eigenvalue weighted by atomic mass is 32.1. The van der Waals surface area contributed by atoms with E-state index in [1.54, 1.807) is 11.3 Å². The first-order valence-corrected chi connectivity index (χ1v) is 12.9. The van der Waals surface area contributed by atoms with Crippen LogP contribution in [0.4, 0.5) is 4.79 Å². The van der Waals surface area contributed by atoms with Crippen LogP contribution in [0.3, 0.4) is 0 Å². The summed E-state index contributed by atoms with van der Waals surface area (Å²) < 4.78 is 7.43. The summed E-state index contributed by atoms with van der Waals surface area (Å²) in [5.74, 6) is -1.19. The number of aromatic nitrogens is 1. The molecule has 0 radical (unpaired) electrons. The van der Waals surface area contributed by atoms with Gasteiger partial charge >= 0.3 is 12.1 Å². The van der Waals surface area contributed by atoms with E-state index in [0.29, 0.717) is 5.39 Å². The number of benzene rings is 1. The lowest BCUT2D eigenvalue weighted by atomic mass is 9.93. The minimum absolute atomic E-state index is 0.0952. The Balaban J connectivity index is 1.56. The topological polar surface area (TPSA) is 97.6 Å². The molecule has 8 heteroatoms. The number of thiophene rings is 1. The number of carboxylic acid groups (broad SMARTS) is 1. The largest absolute Gasteiger partial charge is 0.477 e. The summed E-state index contributed by atoms with van der Waals surface area (Å²) in [5, 5.41) is 13.0. The van der Waals surface area contributed by atoms with Crippen LogP contribution in [0.2, 0.25) is 0 Å². The van der Waals surface area contributed by atoms with E-state index >= 15 is 0 Å². The Bertz CT molecular complexity index is 1410. The number of hydrogen-bond acceptors (Lipinski definition) is 5. The second kappa shape index (κ2) is 8.52. The number of alkyl carbamates (subject to hydrolysis) is 1. The van der Waals surface area contributed by atoms with Crippen LogP contribution in [-0.4, -0.2) is 27.3 Å². The third kappa shape index (κ3) is 4.59. The van der Waals surface area contributed by atoms with Crippen LogP contribution in [0, 0.1) is 6.92 Å². The van der Waals surface area contributed by atoms with Gasteiger partial charge in [-0.3, -0.25) is 4.79 Å². The summed E-state index contributed by atoms with van der Waals surface area (Å²) in [4.78, 5) is 39.4. The molecule has 5 rings (SSSR count). The molecule has 0 saturated heterocycles. The number of fused-ring (bicyclic) bond motifs is 2. The van der Waals surface area contributed by atoms with Crippen molar-refractivity contribution in [2.45, 2.75) is 77.5 Å². The Labute approximate surface area is 207 Å². The Morgan fingerprint density at radius 1 is 1.17 bits per heavy atom. The second-order valence-corrected chi connectivity index (χ2v) is 11.7. The zero-order chi connectivity index (χ0) is 25.1. The molecule has 0 bridgehead atoms. The van der Waals surface area contributed by atoms with Crippen LogP contribution >= 0.6 is 11.3 Å². The van der Waals surface area contributed by atoms with Crippen molar-refractivity contribution in [3.63, 3.8) is 0 Å². The molecule has 2 heterocycles. The third-order valence-electron chi connectivity index (χ3n) is 6.62. The van der Waals surface area contributed by atoms with Crippen molar-refractivity contribution in [1.29, 1.82) is 0 Å². The molecular formula is C27H30N2O5S. The van der Waals surface area contributed by atoms with Gasteiger partial charge in [0.1, 0.15) is 11.2 Å². The fourth-order valence-electron chi connectivity index (χ4n) is 4.86. The number of rotatable bonds is 4. The number of aromatic carboxylic acids is 1. The quantitative estimate of drug-likeness (QED) is 0.465. The summed E-state index contributed by atoms with van der Waals surface area (Å²) in [6.07, 6.45) is 5.86. The fraction of sp³-hybridized carbons (Fsp3) is 0.444. The fourth-order valence-corrected chi connectivity index (χ4v) is 6.21. The van der Waals surface area contributed by atoms with Gasteiger partial charge in [-0.15, -0.1) is 11.3 Å². The number of hydrogen-bond donors (Lipinski definition) is 2. The van der Waals surface area contributed by atoms with E-state index in [0.717, 1.165) is 59.2 Å². The average molecular weight is 495 g/mol. The van der Waals surface area contributed by atoms with Gasteiger partial charge in [0.15, 0.2) is 0 Å². The Morgan fingerprint density at radius 3 is 2.57 bits per heavy atom. The van der Waals surface area contributed by atoms with Crippen molar-refractivity contribution in [1.82, 2.24) is 9.88 Å². The van der Waals surface area contributed by atoms with Gasteiger partial charge in [0.05, 0.1) is 11.6 Å². The van der Waals surface area contributed by atoms with Crippen LogP contribution in [-0.2, 0) is 11.2 Å². The molecule has 1 amide bonds. The van der Waals surface area contributed by atoms with Crippen LogP contribution in [0.25, 0.3) is 21.3 Å². The molecule has 1 fully saturated rings. The first kappa shape index (κ1) is 23.6. The van der Waals surface area contributed by atoms with Crippen LogP contribution in [0.5, 0.6) is 0 Å². The first-order chi connectivity index (χ1) is 16.5. The predicted octanol–water partition coefficient (Wildman–Crippen LogP) is 5.97. The maximum atomic E-state index is 12.9. The molecule has 2 N–H and O–H groups in total. The molecule has 184 valence electrons. The third-order valence-corrected chi connectivity index (χ3v) is 7.86. The molecule has 2 aliphatic carbocycles. The second-order valence-electron chi connectivity index (χ2n) is 10.6. The van der Waals surface area contributed by atoms with E-state index in [4.69, 9.17) is 4.74 Å². The summed E-state index contributed by atoms with van der Waals surface area (Å²) in [6, 6.07) is 6.14. The summed E-state index contributed by atoms with van der Waals surface area (Å²) in [7, 11) is 0. The van der Waals surface area contributed by atoms with Crippen molar-refractivity contribution in [2.24, 2.45) is 0 Å². The van der Waals surface area contributed by atoms with Gasteiger partial charge < -0.3 is 19.7 Å². The minimum atomic E-state index is -1.19. The number of carbonyl (C=O) groups is 2. The van der Waals surface area contributed by atoms with Crippen molar-refractivity contribution in [2.75, 3.05) is 0 Å². The Morgan fingerprint density at radius 2 is 1.91 bits per heavy atom. The number of pyridine rings is 1. The van der Waals surface area contributed by atoms with Gasteiger partial charge in [0, 0.05) is 27.4 Å². The van der Waals surface area contributed by atoms with Crippen molar-refractivity contribution >= 4 is 34.3 Å². The van der Waals surface area contributed by atoms with E-state index in [1.165, 1.54) is 11.1 Å². The molecule has 1 atom stereocenters. The summed E-state index contributed by atoms with van der Waals surface area (Å²) in [5.41, 5.74) is 2.69.